The standard InChI is InChI=1S/C15H32N2/c1-12(2)9-13(3)17(6)11-15(4,5)10-16-14-7-8-14/h12-14,16H,7-11H2,1-6H3. The van der Waals surface area contributed by atoms with Crippen molar-refractivity contribution in [1.29, 1.82) is 0 Å². The summed E-state index contributed by atoms with van der Waals surface area (Å²) in [6.07, 6.45) is 4.06. The first kappa shape index (κ1) is 15.0. The van der Waals surface area contributed by atoms with Crippen LogP contribution < -0.4 is 5.32 Å². The molecule has 0 aromatic rings. The molecule has 0 spiro atoms. The molecule has 0 amide bonds. The van der Waals surface area contributed by atoms with E-state index in [1.54, 1.807) is 0 Å². The van der Waals surface area contributed by atoms with Gasteiger partial charge in [0, 0.05) is 25.2 Å². The summed E-state index contributed by atoms with van der Waals surface area (Å²) in [7, 11) is 2.27. The van der Waals surface area contributed by atoms with Crippen LogP contribution in [0.3, 0.4) is 0 Å². The molecule has 17 heavy (non-hydrogen) atoms. The van der Waals surface area contributed by atoms with Crippen LogP contribution >= 0.6 is 0 Å². The van der Waals surface area contributed by atoms with Gasteiger partial charge in [0.15, 0.2) is 0 Å². The zero-order chi connectivity index (χ0) is 13.1. The van der Waals surface area contributed by atoms with Crippen molar-refractivity contribution in [1.82, 2.24) is 10.2 Å². The zero-order valence-corrected chi connectivity index (χ0v) is 12.7. The molecule has 1 rings (SSSR count). The maximum atomic E-state index is 3.66. The summed E-state index contributed by atoms with van der Waals surface area (Å²) < 4.78 is 0. The number of nitrogens with zero attached hydrogens (tertiary/aromatic N) is 1. The summed E-state index contributed by atoms with van der Waals surface area (Å²) in [6, 6.07) is 1.52. The van der Waals surface area contributed by atoms with E-state index in [1.807, 2.05) is 0 Å². The van der Waals surface area contributed by atoms with E-state index in [-0.39, 0.29) is 0 Å². The Kier molecular flexibility index (Phi) is 5.46. The van der Waals surface area contributed by atoms with E-state index in [1.165, 1.54) is 25.8 Å². The van der Waals surface area contributed by atoms with Crippen LogP contribution in [0.25, 0.3) is 0 Å². The Morgan fingerprint density at radius 2 is 1.82 bits per heavy atom. The van der Waals surface area contributed by atoms with Gasteiger partial charge in [-0.2, -0.15) is 0 Å². The van der Waals surface area contributed by atoms with Gasteiger partial charge in [-0.25, -0.2) is 0 Å². The predicted octanol–water partition coefficient (Wildman–Crippen LogP) is 3.13. The lowest BCUT2D eigenvalue weighted by molar-refractivity contribution is 0.151. The van der Waals surface area contributed by atoms with Crippen molar-refractivity contribution < 1.29 is 0 Å². The fraction of sp³-hybridized carbons (Fsp3) is 1.00. The molecule has 1 saturated carbocycles. The lowest BCUT2D eigenvalue weighted by Gasteiger charge is -2.34. The third-order valence-electron chi connectivity index (χ3n) is 3.69. The van der Waals surface area contributed by atoms with Gasteiger partial charge in [0.1, 0.15) is 0 Å². The molecular formula is C15H32N2. The Balaban J connectivity index is 2.28. The van der Waals surface area contributed by atoms with Crippen molar-refractivity contribution in [2.45, 2.75) is 66.0 Å². The minimum Gasteiger partial charge on any atom is -0.313 e. The highest BCUT2D eigenvalue weighted by molar-refractivity contribution is 4.85. The molecule has 0 aromatic carbocycles. The third kappa shape index (κ3) is 6.42. The second-order valence-corrected chi connectivity index (χ2v) is 7.21. The molecule has 0 heterocycles. The van der Waals surface area contributed by atoms with Gasteiger partial charge in [-0.15, -0.1) is 0 Å². The van der Waals surface area contributed by atoms with Crippen molar-refractivity contribution >= 4 is 0 Å². The quantitative estimate of drug-likeness (QED) is 0.701. The summed E-state index contributed by atoms with van der Waals surface area (Å²) in [6.45, 7) is 14.1. The van der Waals surface area contributed by atoms with Crippen LogP contribution in [0.15, 0.2) is 0 Å². The Morgan fingerprint density at radius 3 is 2.29 bits per heavy atom. The first-order valence-corrected chi connectivity index (χ1v) is 7.24. The van der Waals surface area contributed by atoms with Gasteiger partial charge in [-0.1, -0.05) is 27.7 Å². The molecule has 0 bridgehead atoms. The molecule has 2 heteroatoms. The molecule has 1 atom stereocenters. The van der Waals surface area contributed by atoms with Crippen molar-refractivity contribution in [3.05, 3.63) is 0 Å². The topological polar surface area (TPSA) is 15.3 Å². The third-order valence-corrected chi connectivity index (χ3v) is 3.69. The molecule has 0 radical (unpaired) electrons. The van der Waals surface area contributed by atoms with Crippen LogP contribution in [0.2, 0.25) is 0 Å². The first-order valence-electron chi connectivity index (χ1n) is 7.24. The van der Waals surface area contributed by atoms with Crippen LogP contribution in [0, 0.1) is 11.3 Å². The summed E-state index contributed by atoms with van der Waals surface area (Å²) >= 11 is 0. The summed E-state index contributed by atoms with van der Waals surface area (Å²) in [5.74, 6) is 0.792. The Hall–Kier alpha value is -0.0800. The van der Waals surface area contributed by atoms with E-state index >= 15 is 0 Å². The Labute approximate surface area is 108 Å². The van der Waals surface area contributed by atoms with E-state index in [9.17, 15) is 0 Å². The lowest BCUT2D eigenvalue weighted by atomic mass is 9.91. The number of hydrogen-bond acceptors (Lipinski definition) is 2. The fourth-order valence-corrected chi connectivity index (χ4v) is 2.46. The highest BCUT2D eigenvalue weighted by atomic mass is 15.1. The fourth-order valence-electron chi connectivity index (χ4n) is 2.46. The van der Waals surface area contributed by atoms with Crippen LogP contribution in [0.1, 0.15) is 53.9 Å². The minimum absolute atomic E-state index is 0.378. The van der Waals surface area contributed by atoms with Gasteiger partial charge in [0.2, 0.25) is 0 Å². The minimum atomic E-state index is 0.378. The Bertz CT molecular complexity index is 219. The van der Waals surface area contributed by atoms with Gasteiger partial charge in [0.25, 0.3) is 0 Å². The molecule has 0 saturated heterocycles. The second kappa shape index (κ2) is 6.19. The maximum Gasteiger partial charge on any atom is 0.00684 e. The zero-order valence-electron chi connectivity index (χ0n) is 12.7. The first-order chi connectivity index (χ1) is 7.80. The van der Waals surface area contributed by atoms with Crippen LogP contribution in [0.4, 0.5) is 0 Å². The van der Waals surface area contributed by atoms with E-state index < -0.39 is 0 Å². The summed E-state index contributed by atoms with van der Waals surface area (Å²) in [4.78, 5) is 2.52. The Morgan fingerprint density at radius 1 is 1.24 bits per heavy atom. The van der Waals surface area contributed by atoms with Crippen molar-refractivity contribution in [2.24, 2.45) is 11.3 Å². The SMILES string of the molecule is CC(C)CC(C)N(C)CC(C)(C)CNC1CC1. The average Bonchev–Trinajstić information content (AvgIpc) is 2.96. The van der Waals surface area contributed by atoms with E-state index in [0.717, 1.165) is 18.5 Å². The number of hydrogen-bond donors (Lipinski definition) is 1. The molecule has 1 fully saturated rings. The lowest BCUT2D eigenvalue weighted by Crippen LogP contribution is -2.43. The van der Waals surface area contributed by atoms with Crippen molar-refractivity contribution in [2.75, 3.05) is 20.1 Å². The summed E-state index contributed by atoms with van der Waals surface area (Å²) in [5.41, 5.74) is 0.378. The summed E-state index contributed by atoms with van der Waals surface area (Å²) in [5, 5.41) is 3.66. The van der Waals surface area contributed by atoms with Crippen molar-refractivity contribution in [3.63, 3.8) is 0 Å². The maximum absolute atomic E-state index is 3.66. The van der Waals surface area contributed by atoms with Gasteiger partial charge >= 0.3 is 0 Å². The van der Waals surface area contributed by atoms with E-state index in [4.69, 9.17) is 0 Å². The van der Waals surface area contributed by atoms with Gasteiger partial charge in [-0.05, 0) is 44.6 Å². The van der Waals surface area contributed by atoms with Crippen molar-refractivity contribution in [3.8, 4) is 0 Å². The van der Waals surface area contributed by atoms with Crippen LogP contribution in [-0.2, 0) is 0 Å². The molecule has 0 aliphatic heterocycles. The largest absolute Gasteiger partial charge is 0.313 e. The van der Waals surface area contributed by atoms with Crippen LogP contribution in [-0.4, -0.2) is 37.1 Å². The van der Waals surface area contributed by atoms with Gasteiger partial charge in [-0.3, -0.25) is 0 Å². The van der Waals surface area contributed by atoms with Crippen LogP contribution in [0.5, 0.6) is 0 Å². The highest BCUT2D eigenvalue weighted by Gasteiger charge is 2.27. The number of rotatable bonds is 8. The van der Waals surface area contributed by atoms with Gasteiger partial charge in [0.05, 0.1) is 0 Å². The molecule has 102 valence electrons. The average molecular weight is 240 g/mol. The molecule has 2 nitrogen and oxygen atoms in total. The molecule has 1 aliphatic rings. The number of nitrogens with one attached hydrogen (secondary N) is 1. The molecule has 0 aromatic heterocycles. The molecule has 1 unspecified atom stereocenters. The smallest absolute Gasteiger partial charge is 0.00684 e. The normalized spacial score (nSPS) is 19.1. The van der Waals surface area contributed by atoms with Gasteiger partial charge < -0.3 is 10.2 Å². The molecule has 1 N–H and O–H groups in total. The molecule has 1 aliphatic carbocycles. The monoisotopic (exact) mass is 240 g/mol. The van der Waals surface area contributed by atoms with E-state index in [0.29, 0.717) is 11.5 Å². The predicted molar refractivity (Wildman–Crippen MR) is 76.4 cm³/mol. The highest BCUT2D eigenvalue weighted by Crippen LogP contribution is 2.23. The second-order valence-electron chi connectivity index (χ2n) is 7.21. The molecular weight excluding hydrogens is 208 g/mol. The van der Waals surface area contributed by atoms with E-state index in [2.05, 4.69) is 51.9 Å².